The average Bonchev–Trinajstić information content (AvgIpc) is 3.18. The number of ketones is 1. The van der Waals surface area contributed by atoms with Crippen molar-refractivity contribution in [3.63, 3.8) is 0 Å². The highest BCUT2D eigenvalue weighted by atomic mass is 79.9. The molecule has 0 radical (unpaired) electrons. The number of rotatable bonds is 10. The Hall–Kier alpha value is -2.27. The Morgan fingerprint density at radius 1 is 1.04 bits per heavy atom. The van der Waals surface area contributed by atoms with E-state index in [4.69, 9.17) is 13.9 Å². The zero-order valence-electron chi connectivity index (χ0n) is 16.3. The van der Waals surface area contributed by atoms with E-state index in [1.165, 1.54) is 5.56 Å². The van der Waals surface area contributed by atoms with Crippen LogP contribution >= 0.6 is 15.9 Å². The second kappa shape index (κ2) is 9.78. The van der Waals surface area contributed by atoms with Gasteiger partial charge in [-0.3, -0.25) is 4.79 Å². The van der Waals surface area contributed by atoms with E-state index in [2.05, 4.69) is 28.1 Å². The summed E-state index contributed by atoms with van der Waals surface area (Å²) >= 11 is 3.41. The van der Waals surface area contributed by atoms with E-state index < -0.39 is 0 Å². The summed E-state index contributed by atoms with van der Waals surface area (Å²) in [5.74, 6) is 0.982. The Morgan fingerprint density at radius 2 is 1.75 bits per heavy atom. The number of carbonyl (C=O) groups excluding carboxylic acids is 1. The van der Waals surface area contributed by atoms with Gasteiger partial charge in [-0.25, -0.2) is 0 Å². The monoisotopic (exact) mass is 444 g/mol. The van der Waals surface area contributed by atoms with Crippen LogP contribution in [0, 0.1) is 6.92 Å². The standard InChI is InChI=1S/C23H25BrO4/c1-16-19-11-15-28-21(19)23(22(20(16)17(2)25)26-14-7-12-24)27-13-6-10-18-8-4-3-5-9-18/h3-5,8-9,11,15H,6-7,10,12-14H2,1-2H3. The van der Waals surface area contributed by atoms with Crippen molar-refractivity contribution in [2.24, 2.45) is 0 Å². The SMILES string of the molecule is CC(=O)c1c(OCCCBr)c(OCCCc2ccccc2)c2occc2c1C. The van der Waals surface area contributed by atoms with Crippen molar-refractivity contribution in [2.45, 2.75) is 33.1 Å². The van der Waals surface area contributed by atoms with Crippen molar-refractivity contribution in [1.82, 2.24) is 0 Å². The van der Waals surface area contributed by atoms with Gasteiger partial charge in [0.05, 0.1) is 25.0 Å². The van der Waals surface area contributed by atoms with Crippen LogP contribution in [0.1, 0.15) is 41.3 Å². The number of halogens is 1. The van der Waals surface area contributed by atoms with Crippen molar-refractivity contribution >= 4 is 32.7 Å². The topological polar surface area (TPSA) is 48.7 Å². The summed E-state index contributed by atoms with van der Waals surface area (Å²) in [4.78, 5) is 12.4. The number of carbonyl (C=O) groups is 1. The van der Waals surface area contributed by atoms with Crippen LogP contribution in [0.25, 0.3) is 11.0 Å². The number of aryl methyl sites for hydroxylation is 2. The van der Waals surface area contributed by atoms with Gasteiger partial charge in [0.15, 0.2) is 17.1 Å². The number of benzene rings is 2. The number of hydrogen-bond acceptors (Lipinski definition) is 4. The molecule has 0 spiro atoms. The van der Waals surface area contributed by atoms with E-state index in [1.807, 2.05) is 31.2 Å². The molecule has 0 N–H and O–H groups in total. The maximum Gasteiger partial charge on any atom is 0.205 e. The highest BCUT2D eigenvalue weighted by molar-refractivity contribution is 9.09. The first kappa shape index (κ1) is 20.5. The first-order valence-corrected chi connectivity index (χ1v) is 10.7. The molecule has 0 atom stereocenters. The van der Waals surface area contributed by atoms with Gasteiger partial charge in [0, 0.05) is 10.7 Å². The van der Waals surface area contributed by atoms with Crippen molar-refractivity contribution in [1.29, 1.82) is 0 Å². The fourth-order valence-corrected chi connectivity index (χ4v) is 3.55. The first-order chi connectivity index (χ1) is 13.6. The van der Waals surface area contributed by atoms with Crippen LogP contribution in [0.3, 0.4) is 0 Å². The minimum Gasteiger partial charge on any atom is -0.489 e. The van der Waals surface area contributed by atoms with E-state index >= 15 is 0 Å². The summed E-state index contributed by atoms with van der Waals surface area (Å²) in [7, 11) is 0. The van der Waals surface area contributed by atoms with Crippen LogP contribution < -0.4 is 9.47 Å². The minimum atomic E-state index is -0.0384. The Balaban J connectivity index is 1.87. The summed E-state index contributed by atoms with van der Waals surface area (Å²) in [6.45, 7) is 4.49. The van der Waals surface area contributed by atoms with Crippen LogP contribution in [-0.2, 0) is 6.42 Å². The predicted octanol–water partition coefficient (Wildman–Crippen LogP) is 6.12. The molecule has 1 heterocycles. The van der Waals surface area contributed by atoms with Crippen LogP contribution in [0.2, 0.25) is 0 Å². The molecule has 3 rings (SSSR count). The molecule has 0 saturated carbocycles. The second-order valence-corrected chi connectivity index (χ2v) is 7.50. The van der Waals surface area contributed by atoms with E-state index in [9.17, 15) is 4.79 Å². The lowest BCUT2D eigenvalue weighted by molar-refractivity contribution is 0.101. The van der Waals surface area contributed by atoms with Crippen molar-refractivity contribution in [3.8, 4) is 11.5 Å². The predicted molar refractivity (Wildman–Crippen MR) is 115 cm³/mol. The summed E-state index contributed by atoms with van der Waals surface area (Å²) in [5.41, 5.74) is 3.34. The normalized spacial score (nSPS) is 11.0. The molecule has 0 bridgehead atoms. The van der Waals surface area contributed by atoms with Gasteiger partial charge in [-0.05, 0) is 50.3 Å². The third-order valence-electron chi connectivity index (χ3n) is 4.66. The minimum absolute atomic E-state index is 0.0384. The Morgan fingerprint density at radius 3 is 2.46 bits per heavy atom. The zero-order chi connectivity index (χ0) is 19.9. The maximum absolute atomic E-state index is 12.4. The van der Waals surface area contributed by atoms with E-state index in [1.54, 1.807) is 13.2 Å². The van der Waals surface area contributed by atoms with Gasteiger partial charge in [-0.1, -0.05) is 46.3 Å². The summed E-state index contributed by atoms with van der Waals surface area (Å²) in [6.07, 6.45) is 4.24. The highest BCUT2D eigenvalue weighted by Gasteiger charge is 2.24. The summed E-state index contributed by atoms with van der Waals surface area (Å²) in [6, 6.07) is 12.2. The molecule has 0 aliphatic carbocycles. The maximum atomic E-state index is 12.4. The average molecular weight is 445 g/mol. The van der Waals surface area contributed by atoms with E-state index in [0.29, 0.717) is 35.9 Å². The van der Waals surface area contributed by atoms with E-state index in [-0.39, 0.29) is 5.78 Å². The highest BCUT2D eigenvalue weighted by Crippen LogP contribution is 2.43. The molecule has 4 nitrogen and oxygen atoms in total. The van der Waals surface area contributed by atoms with Crippen LogP contribution in [0.15, 0.2) is 47.1 Å². The van der Waals surface area contributed by atoms with Gasteiger partial charge in [-0.15, -0.1) is 0 Å². The smallest absolute Gasteiger partial charge is 0.205 e. The summed E-state index contributed by atoms with van der Waals surface area (Å²) in [5, 5.41) is 1.72. The molecular formula is C23H25BrO4. The number of furan rings is 1. The molecule has 148 valence electrons. The molecule has 0 unspecified atom stereocenters. The summed E-state index contributed by atoms with van der Waals surface area (Å²) < 4.78 is 17.8. The third kappa shape index (κ3) is 4.58. The van der Waals surface area contributed by atoms with Gasteiger partial charge in [0.1, 0.15) is 0 Å². The molecule has 5 heteroatoms. The molecule has 0 saturated heterocycles. The fourth-order valence-electron chi connectivity index (χ4n) is 3.32. The molecule has 28 heavy (non-hydrogen) atoms. The number of fused-ring (bicyclic) bond motifs is 1. The van der Waals surface area contributed by atoms with Gasteiger partial charge in [0.25, 0.3) is 0 Å². The molecule has 0 aliphatic heterocycles. The van der Waals surface area contributed by atoms with Crippen LogP contribution in [0.4, 0.5) is 0 Å². The van der Waals surface area contributed by atoms with E-state index in [0.717, 1.165) is 35.5 Å². The zero-order valence-corrected chi connectivity index (χ0v) is 17.9. The first-order valence-electron chi connectivity index (χ1n) is 9.53. The van der Waals surface area contributed by atoms with Crippen molar-refractivity contribution < 1.29 is 18.7 Å². The molecule has 3 aromatic rings. The van der Waals surface area contributed by atoms with Gasteiger partial charge in [0.2, 0.25) is 5.75 Å². The molecule has 0 aliphatic rings. The van der Waals surface area contributed by atoms with Crippen LogP contribution in [0.5, 0.6) is 11.5 Å². The van der Waals surface area contributed by atoms with Gasteiger partial charge >= 0.3 is 0 Å². The molecular weight excluding hydrogens is 420 g/mol. The lowest BCUT2D eigenvalue weighted by Crippen LogP contribution is -2.09. The lowest BCUT2D eigenvalue weighted by Gasteiger charge is -2.18. The third-order valence-corrected chi connectivity index (χ3v) is 5.22. The number of Topliss-reactive ketones (excluding diaryl/α,β-unsaturated/α-hetero) is 1. The molecule has 2 aromatic carbocycles. The van der Waals surface area contributed by atoms with Crippen molar-refractivity contribution in [2.75, 3.05) is 18.5 Å². The molecule has 0 amide bonds. The number of hydrogen-bond donors (Lipinski definition) is 0. The van der Waals surface area contributed by atoms with Gasteiger partial charge < -0.3 is 13.9 Å². The Labute approximate surface area is 174 Å². The number of ether oxygens (including phenoxy) is 2. The Bertz CT molecular complexity index is 931. The largest absolute Gasteiger partial charge is 0.489 e. The lowest BCUT2D eigenvalue weighted by atomic mass is 9.99. The molecule has 0 fully saturated rings. The van der Waals surface area contributed by atoms with Crippen molar-refractivity contribution in [3.05, 3.63) is 59.4 Å². The Kier molecular flexibility index (Phi) is 7.15. The quantitative estimate of drug-likeness (QED) is 0.214. The van der Waals surface area contributed by atoms with Crippen LogP contribution in [-0.4, -0.2) is 24.3 Å². The second-order valence-electron chi connectivity index (χ2n) is 6.71. The fraction of sp³-hybridized carbons (Fsp3) is 0.348. The number of alkyl halides is 1. The molecule has 1 aromatic heterocycles. The van der Waals surface area contributed by atoms with Gasteiger partial charge in [-0.2, -0.15) is 0 Å².